The Kier molecular flexibility index (Phi) is 4.15. The monoisotopic (exact) mass is 254 g/mol. The number of nitrogens with zero attached hydrogens (tertiary/aromatic N) is 1. The summed E-state index contributed by atoms with van der Waals surface area (Å²) in [7, 11) is 0. The summed E-state index contributed by atoms with van der Waals surface area (Å²) in [6.45, 7) is 2.14. The molecule has 0 aromatic heterocycles. The van der Waals surface area contributed by atoms with Crippen LogP contribution in [0.2, 0.25) is 0 Å². The highest BCUT2D eigenvalue weighted by molar-refractivity contribution is 6.04. The molecule has 5 N–H and O–H groups in total. The van der Waals surface area contributed by atoms with Gasteiger partial charge >= 0.3 is 0 Å². The number of hydrazone groups is 1. The zero-order valence-electron chi connectivity index (χ0n) is 10.9. The van der Waals surface area contributed by atoms with Gasteiger partial charge in [0.25, 0.3) is 0 Å². The third kappa shape index (κ3) is 2.74. The average molecular weight is 254 g/mol. The number of benzene rings is 2. The number of hydrogen-bond donors (Lipinski definition) is 3. The Hall–Kier alpha value is -2.33. The molecule has 0 aliphatic carbocycles. The molecule has 0 bridgehead atoms. The minimum Gasteiger partial charge on any atom is -0.321 e. The number of aryl methyl sites for hydroxylation is 1. The summed E-state index contributed by atoms with van der Waals surface area (Å²) >= 11 is 0. The Morgan fingerprint density at radius 1 is 1.11 bits per heavy atom. The van der Waals surface area contributed by atoms with Crippen LogP contribution in [0, 0.1) is 0 Å². The van der Waals surface area contributed by atoms with Crippen molar-refractivity contribution in [2.75, 3.05) is 0 Å². The maximum absolute atomic E-state index is 5.45. The summed E-state index contributed by atoms with van der Waals surface area (Å²) in [5.74, 6) is 11.3. The van der Waals surface area contributed by atoms with E-state index in [0.29, 0.717) is 5.84 Å². The third-order valence-corrected chi connectivity index (χ3v) is 3.12. The molecule has 0 fully saturated rings. The van der Waals surface area contributed by atoms with Crippen LogP contribution in [0.3, 0.4) is 0 Å². The predicted molar refractivity (Wildman–Crippen MR) is 79.3 cm³/mol. The summed E-state index contributed by atoms with van der Waals surface area (Å²) in [6.07, 6.45) is 1.03. The summed E-state index contributed by atoms with van der Waals surface area (Å²) in [5, 5.41) is 3.68. The second kappa shape index (κ2) is 6.02. The number of hydrogen-bond acceptors (Lipinski definition) is 3. The van der Waals surface area contributed by atoms with Crippen molar-refractivity contribution in [3.05, 3.63) is 59.7 Å². The van der Waals surface area contributed by atoms with Crippen molar-refractivity contribution in [1.29, 1.82) is 0 Å². The molecule has 0 spiro atoms. The fraction of sp³-hybridized carbons (Fsp3) is 0.133. The highest BCUT2D eigenvalue weighted by Gasteiger charge is 2.09. The lowest BCUT2D eigenvalue weighted by atomic mass is 9.98. The molecule has 2 aromatic rings. The topological polar surface area (TPSA) is 76.4 Å². The van der Waals surface area contributed by atoms with Crippen molar-refractivity contribution in [2.45, 2.75) is 13.3 Å². The van der Waals surface area contributed by atoms with Crippen molar-refractivity contribution in [1.82, 2.24) is 5.43 Å². The third-order valence-electron chi connectivity index (χ3n) is 3.12. The van der Waals surface area contributed by atoms with E-state index in [-0.39, 0.29) is 0 Å². The predicted octanol–water partition coefficient (Wildman–Crippen LogP) is 2.00. The first-order chi connectivity index (χ1) is 9.30. The van der Waals surface area contributed by atoms with Gasteiger partial charge < -0.3 is 11.3 Å². The molecule has 19 heavy (non-hydrogen) atoms. The molecule has 98 valence electrons. The summed E-state index contributed by atoms with van der Waals surface area (Å²) in [6, 6.07) is 16.3. The molecule has 0 atom stereocenters. The molecule has 4 heteroatoms. The zero-order valence-corrected chi connectivity index (χ0v) is 10.9. The fourth-order valence-electron chi connectivity index (χ4n) is 2.05. The van der Waals surface area contributed by atoms with Gasteiger partial charge in [0.15, 0.2) is 5.84 Å². The molecule has 0 radical (unpaired) electrons. The van der Waals surface area contributed by atoms with Gasteiger partial charge in [-0.2, -0.15) is 5.10 Å². The normalized spacial score (nSPS) is 11.4. The van der Waals surface area contributed by atoms with Crippen LogP contribution in [-0.4, -0.2) is 5.84 Å². The summed E-state index contributed by atoms with van der Waals surface area (Å²) in [5.41, 5.74) is 6.89. The van der Waals surface area contributed by atoms with Crippen LogP contribution in [0.1, 0.15) is 18.1 Å². The summed E-state index contributed by atoms with van der Waals surface area (Å²) < 4.78 is 0. The highest BCUT2D eigenvalue weighted by atomic mass is 15.3. The Morgan fingerprint density at radius 3 is 2.37 bits per heavy atom. The molecule has 4 nitrogen and oxygen atoms in total. The maximum Gasteiger partial charge on any atom is 0.167 e. The molecular weight excluding hydrogens is 236 g/mol. The lowest BCUT2D eigenvalue weighted by Crippen LogP contribution is -2.32. The van der Waals surface area contributed by atoms with Crippen LogP contribution in [0.15, 0.2) is 53.6 Å². The molecule has 0 aliphatic rings. The van der Waals surface area contributed by atoms with E-state index in [1.165, 1.54) is 5.56 Å². The van der Waals surface area contributed by atoms with Crippen LogP contribution in [0.4, 0.5) is 0 Å². The van der Waals surface area contributed by atoms with E-state index in [0.717, 1.165) is 23.1 Å². The molecular formula is C15H18N4. The average Bonchev–Trinajstić information content (AvgIpc) is 2.49. The van der Waals surface area contributed by atoms with Gasteiger partial charge in [-0.15, -0.1) is 0 Å². The minimum absolute atomic E-state index is 0.468. The lowest BCUT2D eigenvalue weighted by Gasteiger charge is -2.11. The molecule has 0 heterocycles. The van der Waals surface area contributed by atoms with Gasteiger partial charge in [0.05, 0.1) is 0 Å². The first-order valence-electron chi connectivity index (χ1n) is 6.23. The SMILES string of the molecule is CCc1ccc(-c2ccccc2/C(=N/N)NN)cc1. The Balaban J connectivity index is 2.49. The van der Waals surface area contributed by atoms with Crippen LogP contribution >= 0.6 is 0 Å². The van der Waals surface area contributed by atoms with E-state index in [1.54, 1.807) is 0 Å². The van der Waals surface area contributed by atoms with E-state index >= 15 is 0 Å². The second-order valence-corrected chi connectivity index (χ2v) is 4.22. The molecule has 0 saturated carbocycles. The Labute approximate surface area is 113 Å². The van der Waals surface area contributed by atoms with E-state index in [2.05, 4.69) is 41.7 Å². The Morgan fingerprint density at radius 2 is 1.79 bits per heavy atom. The smallest absolute Gasteiger partial charge is 0.167 e. The highest BCUT2D eigenvalue weighted by Crippen LogP contribution is 2.24. The number of hydrazine groups is 1. The van der Waals surface area contributed by atoms with Crippen molar-refractivity contribution >= 4 is 5.84 Å². The van der Waals surface area contributed by atoms with Crippen LogP contribution in [0.25, 0.3) is 11.1 Å². The van der Waals surface area contributed by atoms with Gasteiger partial charge in [-0.05, 0) is 23.1 Å². The number of nitrogens with one attached hydrogen (secondary N) is 1. The van der Waals surface area contributed by atoms with E-state index in [9.17, 15) is 0 Å². The van der Waals surface area contributed by atoms with Gasteiger partial charge in [0, 0.05) is 5.56 Å². The van der Waals surface area contributed by atoms with Crippen LogP contribution in [0.5, 0.6) is 0 Å². The van der Waals surface area contributed by atoms with Crippen molar-refractivity contribution in [3.8, 4) is 11.1 Å². The van der Waals surface area contributed by atoms with Crippen molar-refractivity contribution in [3.63, 3.8) is 0 Å². The second-order valence-electron chi connectivity index (χ2n) is 4.22. The van der Waals surface area contributed by atoms with Gasteiger partial charge in [0.2, 0.25) is 0 Å². The molecule has 2 rings (SSSR count). The molecule has 0 aliphatic heterocycles. The molecule has 0 saturated heterocycles. The van der Waals surface area contributed by atoms with Gasteiger partial charge in [-0.25, -0.2) is 5.84 Å². The van der Waals surface area contributed by atoms with E-state index < -0.39 is 0 Å². The fourth-order valence-corrected chi connectivity index (χ4v) is 2.05. The van der Waals surface area contributed by atoms with Crippen molar-refractivity contribution in [2.24, 2.45) is 16.8 Å². The molecule has 2 aromatic carbocycles. The first kappa shape index (κ1) is 13.1. The lowest BCUT2D eigenvalue weighted by molar-refractivity contribution is 1.00. The largest absolute Gasteiger partial charge is 0.321 e. The van der Waals surface area contributed by atoms with Crippen molar-refractivity contribution < 1.29 is 0 Å². The number of amidine groups is 1. The maximum atomic E-state index is 5.45. The standard InChI is InChI=1S/C15H18N4/c1-2-11-7-9-12(10-8-11)13-5-3-4-6-14(13)15(18-16)19-17/h3-10H,2,16-17H2,1H3,(H,18,19). The number of nitrogens with two attached hydrogens (primary N) is 2. The van der Waals surface area contributed by atoms with Gasteiger partial charge in [-0.1, -0.05) is 55.5 Å². The first-order valence-corrected chi connectivity index (χ1v) is 6.23. The van der Waals surface area contributed by atoms with Crippen LogP contribution in [-0.2, 0) is 6.42 Å². The zero-order chi connectivity index (χ0) is 13.7. The van der Waals surface area contributed by atoms with E-state index in [1.807, 2.05) is 24.3 Å². The molecule has 0 unspecified atom stereocenters. The minimum atomic E-state index is 0.468. The van der Waals surface area contributed by atoms with Gasteiger partial charge in [-0.3, -0.25) is 0 Å². The Bertz CT molecular complexity index is 573. The van der Waals surface area contributed by atoms with Crippen LogP contribution < -0.4 is 17.1 Å². The van der Waals surface area contributed by atoms with Gasteiger partial charge in [0.1, 0.15) is 0 Å². The quantitative estimate of drug-likeness (QED) is 0.339. The number of rotatable bonds is 3. The summed E-state index contributed by atoms with van der Waals surface area (Å²) in [4.78, 5) is 0. The van der Waals surface area contributed by atoms with E-state index in [4.69, 9.17) is 11.7 Å². The molecule has 0 amide bonds.